The third-order valence-electron chi connectivity index (χ3n) is 5.44. The van der Waals surface area contributed by atoms with Crippen molar-refractivity contribution in [1.82, 2.24) is 0 Å². The molecule has 0 saturated heterocycles. The van der Waals surface area contributed by atoms with E-state index >= 15 is 0 Å². The van der Waals surface area contributed by atoms with Gasteiger partial charge in [-0.3, -0.25) is 9.59 Å². The maximum atomic E-state index is 13.5. The van der Waals surface area contributed by atoms with E-state index in [0.717, 1.165) is 17.0 Å². The average molecular weight is 460 g/mol. The van der Waals surface area contributed by atoms with E-state index in [4.69, 9.17) is 4.74 Å². The predicted molar refractivity (Wildman–Crippen MR) is 132 cm³/mol. The lowest BCUT2D eigenvalue weighted by molar-refractivity contribution is -0.120. The van der Waals surface area contributed by atoms with Crippen LogP contribution in [0.2, 0.25) is 0 Å². The van der Waals surface area contributed by atoms with Crippen molar-refractivity contribution in [3.8, 4) is 5.75 Å². The van der Waals surface area contributed by atoms with Gasteiger partial charge in [-0.15, -0.1) is 0 Å². The molecule has 2 amide bonds. The molecule has 174 valence electrons. The molecule has 0 fully saturated rings. The minimum absolute atomic E-state index is 0.161. The third kappa shape index (κ3) is 4.64. The van der Waals surface area contributed by atoms with Gasteiger partial charge < -0.3 is 15.0 Å². The molecule has 3 aromatic rings. The molecule has 0 bridgehead atoms. The summed E-state index contributed by atoms with van der Waals surface area (Å²) in [5.41, 5.74) is 2.96. The second-order valence-electron chi connectivity index (χ2n) is 8.11. The first-order valence-electron chi connectivity index (χ1n) is 11.1. The number of nitrogens with zero attached hydrogens (tertiary/aromatic N) is 2. The van der Waals surface area contributed by atoms with Crippen molar-refractivity contribution >= 4 is 34.4 Å². The molecule has 1 heterocycles. The summed E-state index contributed by atoms with van der Waals surface area (Å²) in [6.07, 6.45) is 0.882. The van der Waals surface area contributed by atoms with E-state index in [0.29, 0.717) is 29.3 Å². The van der Waals surface area contributed by atoms with E-state index in [1.54, 1.807) is 24.3 Å². The van der Waals surface area contributed by atoms with Crippen molar-refractivity contribution in [1.29, 1.82) is 0 Å². The van der Waals surface area contributed by atoms with Crippen molar-refractivity contribution in [2.45, 2.75) is 13.3 Å². The number of nitrogens with one attached hydrogen (secondary N) is 1. The van der Waals surface area contributed by atoms with Crippen LogP contribution >= 0.6 is 0 Å². The number of halogens is 1. The molecule has 1 N–H and O–H groups in total. The molecule has 0 spiro atoms. The van der Waals surface area contributed by atoms with Gasteiger partial charge in [0.2, 0.25) is 0 Å². The Morgan fingerprint density at radius 1 is 0.882 bits per heavy atom. The van der Waals surface area contributed by atoms with Gasteiger partial charge in [0.15, 0.2) is 0 Å². The second-order valence-corrected chi connectivity index (χ2v) is 8.11. The van der Waals surface area contributed by atoms with Crippen LogP contribution in [0.4, 0.5) is 21.5 Å². The Kier molecular flexibility index (Phi) is 6.63. The Labute approximate surface area is 198 Å². The lowest BCUT2D eigenvalue weighted by atomic mass is 10.0. The first-order chi connectivity index (χ1) is 16.4. The second kappa shape index (κ2) is 9.79. The Hall–Kier alpha value is -4.13. The summed E-state index contributed by atoms with van der Waals surface area (Å²) < 4.78 is 19.1. The number of anilines is 3. The lowest BCUT2D eigenvalue weighted by Crippen LogP contribution is -2.32. The van der Waals surface area contributed by atoms with Crippen molar-refractivity contribution < 1.29 is 18.7 Å². The van der Waals surface area contributed by atoms with Crippen LogP contribution in [0.5, 0.6) is 5.75 Å². The quantitative estimate of drug-likeness (QED) is 0.476. The summed E-state index contributed by atoms with van der Waals surface area (Å²) in [5, 5.41) is 3.14. The van der Waals surface area contributed by atoms with Crippen LogP contribution in [0, 0.1) is 5.82 Å². The summed E-state index contributed by atoms with van der Waals surface area (Å²) in [6.45, 7) is 2.61. The molecule has 6 nitrogen and oxygen atoms in total. The molecule has 7 heteroatoms. The summed E-state index contributed by atoms with van der Waals surface area (Å²) in [5.74, 6) is -0.744. The van der Waals surface area contributed by atoms with Gasteiger partial charge in [0.1, 0.15) is 17.3 Å². The van der Waals surface area contributed by atoms with E-state index in [2.05, 4.69) is 5.32 Å². The largest absolute Gasteiger partial charge is 0.494 e. The highest BCUT2D eigenvalue weighted by molar-refractivity contribution is 6.46. The van der Waals surface area contributed by atoms with E-state index < -0.39 is 17.6 Å². The van der Waals surface area contributed by atoms with E-state index in [-0.39, 0.29) is 11.3 Å². The van der Waals surface area contributed by atoms with Crippen LogP contribution < -0.4 is 19.9 Å². The summed E-state index contributed by atoms with van der Waals surface area (Å²) in [6, 6.07) is 19.9. The molecule has 3 aromatic carbocycles. The zero-order valence-corrected chi connectivity index (χ0v) is 19.3. The molecule has 0 unspecified atom stereocenters. The topological polar surface area (TPSA) is 61.9 Å². The van der Waals surface area contributed by atoms with Crippen LogP contribution in [0.1, 0.15) is 18.9 Å². The Morgan fingerprint density at radius 3 is 2.12 bits per heavy atom. The number of amides is 2. The molecule has 0 atom stereocenters. The van der Waals surface area contributed by atoms with Crippen LogP contribution in [0.3, 0.4) is 0 Å². The number of hydrogen-bond donors (Lipinski definition) is 1. The number of carbonyl (C=O) groups excluding carboxylic acids is 2. The van der Waals surface area contributed by atoms with Gasteiger partial charge in [-0.05, 0) is 72.6 Å². The molecular weight excluding hydrogens is 433 g/mol. The molecule has 34 heavy (non-hydrogen) atoms. The molecule has 0 radical (unpaired) electrons. The zero-order chi connectivity index (χ0) is 24.2. The van der Waals surface area contributed by atoms with Gasteiger partial charge in [-0.25, -0.2) is 9.29 Å². The SMILES string of the molecule is CCCOc1ccc(C2=C(Nc3ccc(N(C)C)cc3)C(=O)N(c3ccc(F)cc3)C2=O)cc1. The highest BCUT2D eigenvalue weighted by Gasteiger charge is 2.40. The van der Waals surface area contributed by atoms with Gasteiger partial charge in [-0.1, -0.05) is 19.1 Å². The summed E-state index contributed by atoms with van der Waals surface area (Å²) in [4.78, 5) is 29.9. The first kappa shape index (κ1) is 23.0. The Morgan fingerprint density at radius 2 is 1.53 bits per heavy atom. The fourth-order valence-corrected chi connectivity index (χ4v) is 3.66. The minimum Gasteiger partial charge on any atom is -0.494 e. The molecule has 0 aliphatic carbocycles. The molecular formula is C27H26FN3O3. The normalized spacial score (nSPS) is 13.5. The van der Waals surface area contributed by atoms with Crippen LogP contribution in [-0.4, -0.2) is 32.5 Å². The number of ether oxygens (including phenoxy) is 1. The highest BCUT2D eigenvalue weighted by atomic mass is 19.1. The molecule has 4 rings (SSSR count). The van der Waals surface area contributed by atoms with Gasteiger partial charge >= 0.3 is 0 Å². The van der Waals surface area contributed by atoms with Crippen molar-refractivity contribution in [3.05, 3.63) is 89.9 Å². The number of benzene rings is 3. The monoisotopic (exact) mass is 459 g/mol. The third-order valence-corrected chi connectivity index (χ3v) is 5.44. The van der Waals surface area contributed by atoms with Crippen LogP contribution in [0.25, 0.3) is 5.57 Å². The Balaban J connectivity index is 1.73. The van der Waals surface area contributed by atoms with Gasteiger partial charge in [-0.2, -0.15) is 0 Å². The first-order valence-corrected chi connectivity index (χ1v) is 11.1. The van der Waals surface area contributed by atoms with Crippen molar-refractivity contribution in [2.75, 3.05) is 35.8 Å². The number of rotatable bonds is 8. The number of hydrogen-bond acceptors (Lipinski definition) is 5. The smallest absolute Gasteiger partial charge is 0.282 e. The van der Waals surface area contributed by atoms with Crippen LogP contribution in [-0.2, 0) is 9.59 Å². The van der Waals surface area contributed by atoms with E-state index in [1.165, 1.54) is 24.3 Å². The lowest BCUT2D eigenvalue weighted by Gasteiger charge is -2.16. The molecule has 0 saturated carbocycles. The minimum atomic E-state index is -0.505. The molecule has 1 aliphatic heterocycles. The van der Waals surface area contributed by atoms with Gasteiger partial charge in [0.05, 0.1) is 17.9 Å². The maximum Gasteiger partial charge on any atom is 0.282 e. The molecule has 0 aromatic heterocycles. The fraction of sp³-hybridized carbons (Fsp3) is 0.185. The number of imide groups is 1. The zero-order valence-electron chi connectivity index (χ0n) is 19.3. The highest BCUT2D eigenvalue weighted by Crippen LogP contribution is 2.34. The predicted octanol–water partition coefficient (Wildman–Crippen LogP) is 5.08. The average Bonchev–Trinajstić information content (AvgIpc) is 3.08. The standard InChI is InChI=1S/C27H26FN3O3/c1-4-17-34-23-15-5-18(6-16-23)24-25(29-20-9-13-21(14-10-20)30(2)3)27(33)31(26(24)32)22-11-7-19(28)8-12-22/h5-16,29H,4,17H2,1-3H3. The summed E-state index contributed by atoms with van der Waals surface area (Å²) in [7, 11) is 3.88. The van der Waals surface area contributed by atoms with Crippen LogP contribution in [0.15, 0.2) is 78.5 Å². The van der Waals surface area contributed by atoms with Crippen molar-refractivity contribution in [3.63, 3.8) is 0 Å². The number of carbonyl (C=O) groups is 2. The van der Waals surface area contributed by atoms with Crippen molar-refractivity contribution in [2.24, 2.45) is 0 Å². The fourth-order valence-electron chi connectivity index (χ4n) is 3.66. The summed E-state index contributed by atoms with van der Waals surface area (Å²) >= 11 is 0. The maximum absolute atomic E-state index is 13.5. The van der Waals surface area contributed by atoms with E-state index in [9.17, 15) is 14.0 Å². The molecule has 1 aliphatic rings. The Bertz CT molecular complexity index is 1220. The van der Waals surface area contributed by atoms with Gasteiger partial charge in [0, 0.05) is 25.5 Å². The van der Waals surface area contributed by atoms with E-state index in [1.807, 2.05) is 50.2 Å². The van der Waals surface area contributed by atoms with Gasteiger partial charge in [0.25, 0.3) is 11.8 Å².